The summed E-state index contributed by atoms with van der Waals surface area (Å²) in [5, 5.41) is 21.3. The molecule has 1 aliphatic rings. The first-order chi connectivity index (χ1) is 6.53. The lowest BCUT2D eigenvalue weighted by molar-refractivity contribution is -0.00958. The minimum absolute atomic E-state index is 0.167. The maximum Gasteiger partial charge on any atom is 0.265 e. The van der Waals surface area contributed by atoms with Crippen LogP contribution in [-0.2, 0) is 0 Å². The van der Waals surface area contributed by atoms with Gasteiger partial charge in [-0.05, 0) is 12.8 Å². The molecule has 0 bridgehead atoms. The molecule has 1 fully saturated rings. The molecule has 5 heteroatoms. The van der Waals surface area contributed by atoms with Crippen molar-refractivity contribution in [2.75, 3.05) is 13.1 Å². The van der Waals surface area contributed by atoms with Crippen molar-refractivity contribution < 1.29 is 19.0 Å². The number of alkyl halides is 2. The molecule has 0 heterocycles. The standard InChI is InChI=1S/C9H17F2NO2/c10-8(11)7(13)5-12-6-9(14)3-1-2-4-9/h7-8,12-14H,1-6H2. The van der Waals surface area contributed by atoms with E-state index >= 15 is 0 Å². The topological polar surface area (TPSA) is 52.5 Å². The van der Waals surface area contributed by atoms with E-state index in [1.807, 2.05) is 0 Å². The summed E-state index contributed by atoms with van der Waals surface area (Å²) in [6.45, 7) is 0.122. The third kappa shape index (κ3) is 3.48. The second-order valence-corrected chi connectivity index (χ2v) is 3.96. The highest BCUT2D eigenvalue weighted by Crippen LogP contribution is 2.28. The summed E-state index contributed by atoms with van der Waals surface area (Å²) in [4.78, 5) is 0. The highest BCUT2D eigenvalue weighted by Gasteiger charge is 2.30. The summed E-state index contributed by atoms with van der Waals surface area (Å²) in [6.07, 6.45) is -0.971. The van der Waals surface area contributed by atoms with Crippen LogP contribution in [0.4, 0.5) is 8.78 Å². The Hall–Kier alpha value is -0.260. The SMILES string of the molecule is OC(CNCC1(O)CCCC1)C(F)F. The van der Waals surface area contributed by atoms with Crippen LogP contribution in [0, 0.1) is 0 Å². The van der Waals surface area contributed by atoms with Gasteiger partial charge in [0.15, 0.2) is 0 Å². The molecule has 1 unspecified atom stereocenters. The van der Waals surface area contributed by atoms with E-state index in [1.165, 1.54) is 0 Å². The van der Waals surface area contributed by atoms with Crippen molar-refractivity contribution >= 4 is 0 Å². The molecule has 1 atom stereocenters. The van der Waals surface area contributed by atoms with E-state index < -0.39 is 18.1 Å². The molecule has 1 saturated carbocycles. The number of rotatable bonds is 5. The number of nitrogens with one attached hydrogen (secondary N) is 1. The number of aliphatic hydroxyl groups excluding tert-OH is 1. The largest absolute Gasteiger partial charge is 0.389 e. The smallest absolute Gasteiger partial charge is 0.265 e. The van der Waals surface area contributed by atoms with E-state index in [0.29, 0.717) is 12.8 Å². The minimum atomic E-state index is -2.72. The molecule has 0 aromatic heterocycles. The zero-order valence-electron chi connectivity index (χ0n) is 8.05. The molecule has 0 aromatic rings. The Morgan fingerprint density at radius 3 is 2.36 bits per heavy atom. The Morgan fingerprint density at radius 1 is 1.29 bits per heavy atom. The van der Waals surface area contributed by atoms with Crippen LogP contribution in [0.5, 0.6) is 0 Å². The van der Waals surface area contributed by atoms with Gasteiger partial charge in [-0.25, -0.2) is 8.78 Å². The summed E-state index contributed by atoms with van der Waals surface area (Å²) >= 11 is 0. The van der Waals surface area contributed by atoms with E-state index in [0.717, 1.165) is 12.8 Å². The number of halogens is 2. The maximum absolute atomic E-state index is 11.9. The normalized spacial score (nSPS) is 22.9. The lowest BCUT2D eigenvalue weighted by atomic mass is 10.0. The van der Waals surface area contributed by atoms with Crippen molar-refractivity contribution in [3.63, 3.8) is 0 Å². The van der Waals surface area contributed by atoms with Gasteiger partial charge in [-0.2, -0.15) is 0 Å². The van der Waals surface area contributed by atoms with Crippen LogP contribution in [0.1, 0.15) is 25.7 Å². The average Bonchev–Trinajstić information content (AvgIpc) is 2.52. The molecule has 0 spiro atoms. The fourth-order valence-electron chi connectivity index (χ4n) is 1.75. The van der Waals surface area contributed by atoms with Gasteiger partial charge >= 0.3 is 0 Å². The molecule has 0 aromatic carbocycles. The van der Waals surface area contributed by atoms with E-state index in [2.05, 4.69) is 5.32 Å². The molecule has 0 radical (unpaired) electrons. The van der Waals surface area contributed by atoms with Gasteiger partial charge in [0, 0.05) is 13.1 Å². The summed E-state index contributed by atoms with van der Waals surface area (Å²) in [6, 6.07) is 0. The van der Waals surface area contributed by atoms with Crippen molar-refractivity contribution in [1.29, 1.82) is 0 Å². The van der Waals surface area contributed by atoms with Gasteiger partial charge in [-0.1, -0.05) is 12.8 Å². The van der Waals surface area contributed by atoms with Crippen LogP contribution in [-0.4, -0.2) is 41.4 Å². The van der Waals surface area contributed by atoms with Gasteiger partial charge in [0.05, 0.1) is 5.60 Å². The first kappa shape index (κ1) is 11.8. The molecule has 1 aliphatic carbocycles. The highest BCUT2D eigenvalue weighted by molar-refractivity contribution is 4.86. The summed E-state index contributed by atoms with van der Waals surface area (Å²) < 4.78 is 23.7. The Balaban J connectivity index is 2.14. The zero-order valence-corrected chi connectivity index (χ0v) is 8.05. The van der Waals surface area contributed by atoms with Gasteiger partial charge in [0.1, 0.15) is 6.10 Å². The number of hydrogen-bond donors (Lipinski definition) is 3. The van der Waals surface area contributed by atoms with Gasteiger partial charge in [0.25, 0.3) is 6.43 Å². The van der Waals surface area contributed by atoms with Crippen LogP contribution in [0.3, 0.4) is 0 Å². The van der Waals surface area contributed by atoms with E-state index in [4.69, 9.17) is 5.11 Å². The molecule has 3 nitrogen and oxygen atoms in total. The van der Waals surface area contributed by atoms with E-state index in [9.17, 15) is 13.9 Å². The van der Waals surface area contributed by atoms with Gasteiger partial charge in [-0.3, -0.25) is 0 Å². The second-order valence-electron chi connectivity index (χ2n) is 3.96. The third-order valence-electron chi connectivity index (χ3n) is 2.63. The van der Waals surface area contributed by atoms with Crippen LogP contribution in [0.15, 0.2) is 0 Å². The predicted molar refractivity (Wildman–Crippen MR) is 48.3 cm³/mol. The zero-order chi connectivity index (χ0) is 10.6. The number of aliphatic hydroxyl groups is 2. The van der Waals surface area contributed by atoms with Crippen molar-refractivity contribution in [1.82, 2.24) is 5.32 Å². The quantitative estimate of drug-likeness (QED) is 0.618. The van der Waals surface area contributed by atoms with E-state index in [-0.39, 0.29) is 13.1 Å². The minimum Gasteiger partial charge on any atom is -0.389 e. The Kier molecular flexibility index (Phi) is 4.22. The maximum atomic E-state index is 11.9. The highest BCUT2D eigenvalue weighted by atomic mass is 19.3. The van der Waals surface area contributed by atoms with Crippen molar-refractivity contribution in [2.24, 2.45) is 0 Å². The van der Waals surface area contributed by atoms with Crippen molar-refractivity contribution in [2.45, 2.75) is 43.8 Å². The predicted octanol–water partition coefficient (Wildman–Crippen LogP) is 0.507. The van der Waals surface area contributed by atoms with Crippen LogP contribution >= 0.6 is 0 Å². The molecule has 14 heavy (non-hydrogen) atoms. The summed E-state index contributed by atoms with van der Waals surface area (Å²) in [5.74, 6) is 0. The first-order valence-corrected chi connectivity index (χ1v) is 4.93. The first-order valence-electron chi connectivity index (χ1n) is 4.93. The average molecular weight is 209 g/mol. The summed E-state index contributed by atoms with van der Waals surface area (Å²) in [7, 11) is 0. The molecule has 84 valence electrons. The molecule has 3 N–H and O–H groups in total. The van der Waals surface area contributed by atoms with Gasteiger partial charge in [-0.15, -0.1) is 0 Å². The fraction of sp³-hybridized carbons (Fsp3) is 1.00. The molecule has 1 rings (SSSR count). The molecule has 0 aliphatic heterocycles. The Morgan fingerprint density at radius 2 is 1.86 bits per heavy atom. The fourth-order valence-corrected chi connectivity index (χ4v) is 1.75. The van der Waals surface area contributed by atoms with Crippen LogP contribution < -0.4 is 5.32 Å². The lowest BCUT2D eigenvalue weighted by Gasteiger charge is -2.23. The Bertz CT molecular complexity index is 172. The van der Waals surface area contributed by atoms with Crippen molar-refractivity contribution in [3.8, 4) is 0 Å². The lowest BCUT2D eigenvalue weighted by Crippen LogP contribution is -2.42. The van der Waals surface area contributed by atoms with Crippen LogP contribution in [0.2, 0.25) is 0 Å². The molecular formula is C9H17F2NO2. The monoisotopic (exact) mass is 209 g/mol. The summed E-state index contributed by atoms with van der Waals surface area (Å²) in [5.41, 5.74) is -0.748. The van der Waals surface area contributed by atoms with Gasteiger partial charge < -0.3 is 15.5 Å². The molecule has 0 amide bonds. The molecular weight excluding hydrogens is 192 g/mol. The Labute approximate surface area is 82.1 Å². The number of hydrogen-bond acceptors (Lipinski definition) is 3. The van der Waals surface area contributed by atoms with E-state index in [1.54, 1.807) is 0 Å². The molecule has 0 saturated heterocycles. The van der Waals surface area contributed by atoms with Crippen LogP contribution in [0.25, 0.3) is 0 Å². The second kappa shape index (κ2) is 5.00. The van der Waals surface area contributed by atoms with Gasteiger partial charge in [0.2, 0.25) is 0 Å². The van der Waals surface area contributed by atoms with Crippen molar-refractivity contribution in [3.05, 3.63) is 0 Å². The third-order valence-corrected chi connectivity index (χ3v) is 2.63.